The molecule has 0 spiro atoms. The molecular formula is C7H10ClNO3. The van der Waals surface area contributed by atoms with Gasteiger partial charge in [-0.2, -0.15) is 0 Å². The van der Waals surface area contributed by atoms with Gasteiger partial charge in [0.05, 0.1) is 0 Å². The minimum atomic E-state index is -0.580. The molecule has 4 nitrogen and oxygen atoms in total. The third-order valence-corrected chi connectivity index (χ3v) is 1.18. The first-order valence-electron chi connectivity index (χ1n) is 3.29. The molecule has 5 heteroatoms. The summed E-state index contributed by atoms with van der Waals surface area (Å²) in [5.41, 5.74) is 4.81. The Labute approximate surface area is 75.3 Å². The lowest BCUT2D eigenvalue weighted by Gasteiger charge is -2.05. The largest absolute Gasteiger partial charge is 0.458 e. The van der Waals surface area contributed by atoms with Crippen LogP contribution in [0, 0.1) is 0 Å². The molecule has 0 aliphatic rings. The summed E-state index contributed by atoms with van der Waals surface area (Å²) in [7, 11) is 0. The molecule has 0 bridgehead atoms. The predicted molar refractivity (Wildman–Crippen MR) is 44.6 cm³/mol. The molecule has 0 rings (SSSR count). The summed E-state index contributed by atoms with van der Waals surface area (Å²) in [6, 6.07) is 0. The van der Waals surface area contributed by atoms with E-state index in [2.05, 4.69) is 4.74 Å². The molecule has 0 heterocycles. The molecule has 0 aliphatic heterocycles. The fourth-order valence-electron chi connectivity index (χ4n) is 0.508. The van der Waals surface area contributed by atoms with Crippen molar-refractivity contribution in [2.45, 2.75) is 13.0 Å². The van der Waals surface area contributed by atoms with Crippen LogP contribution in [0.4, 0.5) is 0 Å². The normalized spacial score (nSPS) is 12.8. The zero-order valence-corrected chi connectivity index (χ0v) is 7.38. The first-order valence-corrected chi connectivity index (χ1v) is 3.82. The molecule has 1 amide bonds. The number of nitrogens with two attached hydrogens (primary N) is 1. The molecule has 0 aromatic carbocycles. The first-order chi connectivity index (χ1) is 5.56. The monoisotopic (exact) mass is 191 g/mol. The van der Waals surface area contributed by atoms with Crippen LogP contribution >= 0.6 is 11.6 Å². The van der Waals surface area contributed by atoms with Gasteiger partial charge < -0.3 is 10.5 Å². The number of amides is 1. The van der Waals surface area contributed by atoms with Crippen LogP contribution in [0.3, 0.4) is 0 Å². The number of ether oxygens (including phenoxy) is 1. The summed E-state index contributed by atoms with van der Waals surface area (Å²) in [6.07, 6.45) is 2.03. The van der Waals surface area contributed by atoms with Crippen molar-refractivity contribution in [3.63, 3.8) is 0 Å². The molecule has 12 heavy (non-hydrogen) atoms. The Morgan fingerprint density at radius 1 is 1.67 bits per heavy atom. The number of rotatable bonds is 4. The van der Waals surface area contributed by atoms with E-state index in [0.29, 0.717) is 0 Å². The van der Waals surface area contributed by atoms with Gasteiger partial charge in [0.1, 0.15) is 12.0 Å². The van der Waals surface area contributed by atoms with Gasteiger partial charge in [0.2, 0.25) is 5.91 Å². The molecule has 68 valence electrons. The minimum Gasteiger partial charge on any atom is -0.458 e. The van der Waals surface area contributed by atoms with E-state index in [9.17, 15) is 9.59 Å². The maximum atomic E-state index is 10.6. The number of hydrogen-bond donors (Lipinski definition) is 1. The Hall–Kier alpha value is -1.03. The van der Waals surface area contributed by atoms with Crippen molar-refractivity contribution in [1.29, 1.82) is 0 Å². The molecule has 1 unspecified atom stereocenters. The molecule has 0 saturated carbocycles. The molecule has 0 saturated heterocycles. The molecular weight excluding hydrogens is 182 g/mol. The van der Waals surface area contributed by atoms with Gasteiger partial charge in [-0.05, 0) is 13.0 Å². The van der Waals surface area contributed by atoms with Crippen LogP contribution in [-0.2, 0) is 14.3 Å². The van der Waals surface area contributed by atoms with E-state index in [1.54, 1.807) is 6.92 Å². The van der Waals surface area contributed by atoms with E-state index in [4.69, 9.17) is 17.3 Å². The van der Waals surface area contributed by atoms with Crippen LogP contribution in [0.15, 0.2) is 12.2 Å². The van der Waals surface area contributed by atoms with Gasteiger partial charge in [0, 0.05) is 6.08 Å². The summed E-state index contributed by atoms with van der Waals surface area (Å²) >= 11 is 5.17. The highest BCUT2D eigenvalue weighted by atomic mass is 35.5. The first kappa shape index (κ1) is 11.0. The minimum absolute atomic E-state index is 0.200. The summed E-state index contributed by atoms with van der Waals surface area (Å²) in [4.78, 5) is 20.8. The van der Waals surface area contributed by atoms with Gasteiger partial charge in [-0.1, -0.05) is 0 Å². The Kier molecular flexibility index (Phi) is 5.12. The highest BCUT2D eigenvalue weighted by Crippen LogP contribution is 1.94. The number of alkyl halides is 1. The van der Waals surface area contributed by atoms with Crippen molar-refractivity contribution < 1.29 is 14.3 Å². The lowest BCUT2D eigenvalue weighted by Crippen LogP contribution is -2.15. The summed E-state index contributed by atoms with van der Waals surface area (Å²) in [5, 5.41) is 0. The van der Waals surface area contributed by atoms with Gasteiger partial charge in [-0.3, -0.25) is 9.59 Å². The quantitative estimate of drug-likeness (QED) is 0.392. The fraction of sp³-hybridized carbons (Fsp3) is 0.429. The Balaban J connectivity index is 3.81. The SMILES string of the molecule is CC(C=CC(N)=O)OC(=O)CCl. The van der Waals surface area contributed by atoms with Crippen LogP contribution in [0.1, 0.15) is 6.92 Å². The van der Waals surface area contributed by atoms with Crippen LogP contribution in [0.2, 0.25) is 0 Å². The topological polar surface area (TPSA) is 69.4 Å². The van der Waals surface area contributed by atoms with E-state index in [0.717, 1.165) is 6.08 Å². The standard InChI is InChI=1S/C7H10ClNO3/c1-5(2-3-6(9)10)12-7(11)4-8/h2-3,5H,4H2,1H3,(H2,9,10). The van der Waals surface area contributed by atoms with E-state index < -0.39 is 18.0 Å². The Morgan fingerprint density at radius 3 is 2.67 bits per heavy atom. The highest BCUT2D eigenvalue weighted by molar-refractivity contribution is 6.26. The number of carbonyl (C=O) groups is 2. The number of esters is 1. The van der Waals surface area contributed by atoms with Gasteiger partial charge >= 0.3 is 5.97 Å². The molecule has 0 fully saturated rings. The van der Waals surface area contributed by atoms with Gasteiger partial charge in [-0.25, -0.2) is 0 Å². The number of hydrogen-bond acceptors (Lipinski definition) is 3. The zero-order chi connectivity index (χ0) is 9.56. The van der Waals surface area contributed by atoms with Crippen LogP contribution in [0.5, 0.6) is 0 Å². The lowest BCUT2D eigenvalue weighted by molar-refractivity contribution is -0.143. The van der Waals surface area contributed by atoms with E-state index in [1.165, 1.54) is 6.08 Å². The third-order valence-electron chi connectivity index (χ3n) is 0.958. The van der Waals surface area contributed by atoms with Crippen LogP contribution in [0.25, 0.3) is 0 Å². The molecule has 0 aromatic rings. The van der Waals surface area contributed by atoms with Crippen molar-refractivity contribution in [2.75, 3.05) is 5.88 Å². The zero-order valence-electron chi connectivity index (χ0n) is 6.62. The average molecular weight is 192 g/mol. The van der Waals surface area contributed by atoms with E-state index in [-0.39, 0.29) is 5.88 Å². The van der Waals surface area contributed by atoms with Gasteiger partial charge in [0.25, 0.3) is 0 Å². The van der Waals surface area contributed by atoms with E-state index >= 15 is 0 Å². The van der Waals surface area contributed by atoms with Crippen molar-refractivity contribution in [3.8, 4) is 0 Å². The maximum Gasteiger partial charge on any atom is 0.321 e. The fourth-order valence-corrected chi connectivity index (χ4v) is 0.571. The number of carbonyl (C=O) groups excluding carboxylic acids is 2. The lowest BCUT2D eigenvalue weighted by atomic mass is 10.3. The number of primary amides is 1. The smallest absolute Gasteiger partial charge is 0.321 e. The van der Waals surface area contributed by atoms with Crippen LogP contribution < -0.4 is 5.73 Å². The molecule has 0 radical (unpaired) electrons. The van der Waals surface area contributed by atoms with Crippen molar-refractivity contribution in [2.24, 2.45) is 5.73 Å². The molecule has 1 atom stereocenters. The Morgan fingerprint density at radius 2 is 2.25 bits per heavy atom. The predicted octanol–water partition coefficient (Wildman–Crippen LogP) is 0.198. The van der Waals surface area contributed by atoms with Crippen molar-refractivity contribution in [3.05, 3.63) is 12.2 Å². The summed E-state index contributed by atoms with van der Waals surface area (Å²) in [5.74, 6) is -1.31. The molecule has 2 N–H and O–H groups in total. The second kappa shape index (κ2) is 5.60. The average Bonchev–Trinajstić information content (AvgIpc) is 2.00. The van der Waals surface area contributed by atoms with Crippen LogP contribution in [-0.4, -0.2) is 23.9 Å². The summed E-state index contributed by atoms with van der Waals surface area (Å²) in [6.45, 7) is 1.60. The Bertz CT molecular complexity index is 203. The second-order valence-electron chi connectivity index (χ2n) is 2.09. The highest BCUT2D eigenvalue weighted by Gasteiger charge is 2.04. The molecule has 0 aliphatic carbocycles. The third kappa shape index (κ3) is 5.73. The maximum absolute atomic E-state index is 10.6. The van der Waals surface area contributed by atoms with E-state index in [1.807, 2.05) is 0 Å². The van der Waals surface area contributed by atoms with Gasteiger partial charge in [0.15, 0.2) is 0 Å². The summed E-state index contributed by atoms with van der Waals surface area (Å²) < 4.78 is 4.68. The van der Waals surface area contributed by atoms with Crippen molar-refractivity contribution in [1.82, 2.24) is 0 Å². The molecule has 0 aromatic heterocycles. The second-order valence-corrected chi connectivity index (χ2v) is 2.36. The van der Waals surface area contributed by atoms with Crippen molar-refractivity contribution >= 4 is 23.5 Å². The van der Waals surface area contributed by atoms with Gasteiger partial charge in [-0.15, -0.1) is 11.6 Å². The number of halogens is 1.